The Balaban J connectivity index is 1.84. The van der Waals surface area contributed by atoms with Gasteiger partial charge in [0.25, 0.3) is 11.1 Å². The molecule has 1 aliphatic heterocycles. The molecule has 2 rings (SSSR count). The Morgan fingerprint density at radius 1 is 1.19 bits per heavy atom. The molecule has 0 saturated carbocycles. The summed E-state index contributed by atoms with van der Waals surface area (Å²) in [6.45, 7) is 1.98. The van der Waals surface area contributed by atoms with Crippen LogP contribution in [-0.2, 0) is 14.4 Å². The maximum Gasteiger partial charge on any atom is 0.303 e. The van der Waals surface area contributed by atoms with E-state index in [1.54, 1.807) is 6.08 Å². The first-order valence-corrected chi connectivity index (χ1v) is 9.49. The van der Waals surface area contributed by atoms with Gasteiger partial charge in [-0.3, -0.25) is 24.1 Å². The van der Waals surface area contributed by atoms with Crippen molar-refractivity contribution < 1.29 is 24.3 Å². The summed E-state index contributed by atoms with van der Waals surface area (Å²) >= 11 is 0.828. The maximum absolute atomic E-state index is 12.4. The van der Waals surface area contributed by atoms with Gasteiger partial charge < -0.3 is 10.4 Å². The molecule has 0 aromatic heterocycles. The Hall–Kier alpha value is -2.61. The quantitative estimate of drug-likeness (QED) is 0.496. The zero-order valence-electron chi connectivity index (χ0n) is 15.1. The minimum absolute atomic E-state index is 0.109. The molecule has 1 fully saturated rings. The molecule has 0 atom stereocenters. The highest BCUT2D eigenvalue weighted by Gasteiger charge is 2.36. The summed E-state index contributed by atoms with van der Waals surface area (Å²) in [5.41, 5.74) is 1.85. The minimum Gasteiger partial charge on any atom is -0.481 e. The number of carboxylic acids is 1. The fourth-order valence-corrected chi connectivity index (χ4v) is 3.36. The molecule has 0 aliphatic carbocycles. The first-order chi connectivity index (χ1) is 12.9. The second-order valence-electron chi connectivity index (χ2n) is 6.18. The van der Waals surface area contributed by atoms with Gasteiger partial charge in [-0.1, -0.05) is 30.7 Å². The van der Waals surface area contributed by atoms with Crippen molar-refractivity contribution in [3.05, 3.63) is 40.3 Å². The van der Waals surface area contributed by atoms with Crippen LogP contribution in [0.3, 0.4) is 0 Å². The van der Waals surface area contributed by atoms with E-state index in [1.165, 1.54) is 0 Å². The summed E-state index contributed by atoms with van der Waals surface area (Å²) in [6.07, 6.45) is 3.66. The van der Waals surface area contributed by atoms with Gasteiger partial charge in [-0.2, -0.15) is 0 Å². The van der Waals surface area contributed by atoms with Crippen LogP contribution in [0.1, 0.15) is 36.8 Å². The van der Waals surface area contributed by atoms with Crippen LogP contribution in [0.25, 0.3) is 6.08 Å². The highest BCUT2D eigenvalue weighted by atomic mass is 32.2. The van der Waals surface area contributed by atoms with Crippen LogP contribution in [0.5, 0.6) is 0 Å². The topological polar surface area (TPSA) is 104 Å². The van der Waals surface area contributed by atoms with E-state index >= 15 is 0 Å². The number of rotatable bonds is 9. The molecule has 1 aromatic carbocycles. The number of unbranched alkanes of at least 4 members (excludes halogenated alkanes) is 2. The monoisotopic (exact) mass is 390 g/mol. The van der Waals surface area contributed by atoms with E-state index < -0.39 is 23.0 Å². The number of carboxylic acid groups (broad SMARTS) is 1. The fourth-order valence-electron chi connectivity index (χ4n) is 2.53. The van der Waals surface area contributed by atoms with Gasteiger partial charge in [0.15, 0.2) is 0 Å². The van der Waals surface area contributed by atoms with Crippen LogP contribution in [-0.4, -0.2) is 46.1 Å². The van der Waals surface area contributed by atoms with Gasteiger partial charge in [0, 0.05) is 13.0 Å². The lowest BCUT2D eigenvalue weighted by Gasteiger charge is -2.12. The van der Waals surface area contributed by atoms with Crippen molar-refractivity contribution in [2.24, 2.45) is 0 Å². The molecule has 2 N–H and O–H groups in total. The smallest absolute Gasteiger partial charge is 0.303 e. The van der Waals surface area contributed by atoms with Crippen LogP contribution in [0, 0.1) is 6.92 Å². The molecule has 0 radical (unpaired) electrons. The lowest BCUT2D eigenvalue weighted by Crippen LogP contribution is -2.39. The number of hydrogen-bond acceptors (Lipinski definition) is 5. The van der Waals surface area contributed by atoms with Gasteiger partial charge in [0.2, 0.25) is 5.91 Å². The van der Waals surface area contributed by atoms with Crippen molar-refractivity contribution in [3.8, 4) is 0 Å². The lowest BCUT2D eigenvalue weighted by atomic mass is 10.1. The van der Waals surface area contributed by atoms with Crippen molar-refractivity contribution in [2.45, 2.75) is 32.6 Å². The van der Waals surface area contributed by atoms with Crippen molar-refractivity contribution in [3.63, 3.8) is 0 Å². The zero-order chi connectivity index (χ0) is 19.8. The molecule has 8 heteroatoms. The third-order valence-corrected chi connectivity index (χ3v) is 4.95. The van der Waals surface area contributed by atoms with Gasteiger partial charge in [-0.05, 0) is 48.7 Å². The van der Waals surface area contributed by atoms with Gasteiger partial charge in [-0.15, -0.1) is 0 Å². The number of hydrogen-bond donors (Lipinski definition) is 2. The van der Waals surface area contributed by atoms with Gasteiger partial charge in [-0.25, -0.2) is 0 Å². The lowest BCUT2D eigenvalue weighted by molar-refractivity contribution is -0.137. The summed E-state index contributed by atoms with van der Waals surface area (Å²) < 4.78 is 0. The number of aliphatic carboxylic acids is 1. The molecule has 144 valence electrons. The number of nitrogens with one attached hydrogen (secondary N) is 1. The van der Waals surface area contributed by atoms with Crippen LogP contribution >= 0.6 is 11.8 Å². The maximum atomic E-state index is 12.4. The Bertz CT molecular complexity index is 775. The summed E-state index contributed by atoms with van der Waals surface area (Å²) in [6, 6.07) is 7.53. The van der Waals surface area contributed by atoms with E-state index in [0.29, 0.717) is 30.7 Å². The number of imide groups is 1. The number of amides is 3. The Labute approximate surface area is 161 Å². The molecule has 7 nitrogen and oxygen atoms in total. The molecule has 1 aliphatic rings. The number of benzene rings is 1. The van der Waals surface area contributed by atoms with Gasteiger partial charge >= 0.3 is 5.97 Å². The second-order valence-corrected chi connectivity index (χ2v) is 7.17. The van der Waals surface area contributed by atoms with Crippen LogP contribution in [0.2, 0.25) is 0 Å². The van der Waals surface area contributed by atoms with E-state index in [4.69, 9.17) is 5.11 Å². The highest BCUT2D eigenvalue weighted by molar-refractivity contribution is 8.18. The van der Waals surface area contributed by atoms with Crippen LogP contribution in [0.4, 0.5) is 4.79 Å². The van der Waals surface area contributed by atoms with Crippen LogP contribution in [0.15, 0.2) is 29.2 Å². The fraction of sp³-hybridized carbons (Fsp3) is 0.368. The molecule has 1 aromatic rings. The van der Waals surface area contributed by atoms with Crippen molar-refractivity contribution in [2.75, 3.05) is 13.1 Å². The first-order valence-electron chi connectivity index (χ1n) is 8.68. The molecule has 1 heterocycles. The van der Waals surface area contributed by atoms with E-state index in [-0.39, 0.29) is 13.0 Å². The predicted molar refractivity (Wildman–Crippen MR) is 103 cm³/mol. The molecule has 3 amide bonds. The van der Waals surface area contributed by atoms with Gasteiger partial charge in [0.1, 0.15) is 6.54 Å². The SMILES string of the molecule is Cc1ccccc1/C=C1\SC(=O)N(CC(=O)NCCCCCC(=O)O)C1=O. The van der Waals surface area contributed by atoms with Crippen LogP contribution < -0.4 is 5.32 Å². The summed E-state index contributed by atoms with van der Waals surface area (Å²) in [5.74, 6) is -1.71. The molecule has 0 spiro atoms. The molecule has 0 bridgehead atoms. The third kappa shape index (κ3) is 6.25. The Morgan fingerprint density at radius 2 is 1.93 bits per heavy atom. The number of carbonyl (C=O) groups is 4. The van der Waals surface area contributed by atoms with Crippen molar-refractivity contribution in [1.29, 1.82) is 0 Å². The standard InChI is InChI=1S/C19H22N2O5S/c1-13-7-4-5-8-14(13)11-15-18(25)21(19(26)27-15)12-16(22)20-10-6-2-3-9-17(23)24/h4-5,7-8,11H,2-3,6,9-10,12H2,1H3,(H,20,22)(H,23,24)/b15-11-. The average molecular weight is 390 g/mol. The molecular weight excluding hydrogens is 368 g/mol. The zero-order valence-corrected chi connectivity index (χ0v) is 15.9. The van der Waals surface area contributed by atoms with E-state index in [1.807, 2.05) is 31.2 Å². The van der Waals surface area contributed by atoms with E-state index in [9.17, 15) is 19.2 Å². The second kappa shape index (κ2) is 9.91. The Kier molecular flexibility index (Phi) is 7.60. The first kappa shape index (κ1) is 20.7. The molecule has 1 saturated heterocycles. The predicted octanol–water partition coefficient (Wildman–Crippen LogP) is 2.79. The molecular formula is C19H22N2O5S. The van der Waals surface area contributed by atoms with E-state index in [2.05, 4.69) is 5.32 Å². The number of nitrogens with zero attached hydrogens (tertiary/aromatic N) is 1. The summed E-state index contributed by atoms with van der Waals surface area (Å²) in [7, 11) is 0. The highest BCUT2D eigenvalue weighted by Crippen LogP contribution is 2.32. The molecule has 0 unspecified atom stereocenters. The third-order valence-electron chi connectivity index (χ3n) is 4.04. The van der Waals surface area contributed by atoms with Gasteiger partial charge in [0.05, 0.1) is 4.91 Å². The Morgan fingerprint density at radius 3 is 2.63 bits per heavy atom. The van der Waals surface area contributed by atoms with E-state index in [0.717, 1.165) is 27.8 Å². The average Bonchev–Trinajstić information content (AvgIpc) is 2.87. The summed E-state index contributed by atoms with van der Waals surface area (Å²) in [5, 5.41) is 10.7. The number of carbonyl (C=O) groups excluding carboxylic acids is 3. The number of thioether (sulfide) groups is 1. The summed E-state index contributed by atoms with van der Waals surface area (Å²) in [4.78, 5) is 48.1. The minimum atomic E-state index is -0.836. The molecule has 27 heavy (non-hydrogen) atoms. The number of aryl methyl sites for hydroxylation is 1. The van der Waals surface area contributed by atoms with Crippen molar-refractivity contribution >= 4 is 40.9 Å². The normalized spacial score (nSPS) is 15.4. The van der Waals surface area contributed by atoms with Crippen molar-refractivity contribution in [1.82, 2.24) is 10.2 Å². The largest absolute Gasteiger partial charge is 0.481 e.